The number of rotatable bonds is 9. The average molecular weight is 272 g/mol. The maximum absolute atomic E-state index is 5.69. The molecule has 0 spiro atoms. The lowest BCUT2D eigenvalue weighted by Crippen LogP contribution is -2.41. The van der Waals surface area contributed by atoms with Crippen LogP contribution in [0.5, 0.6) is 0 Å². The topological polar surface area (TPSA) is 38.5 Å². The van der Waals surface area contributed by atoms with E-state index >= 15 is 0 Å². The molecule has 0 aromatic carbocycles. The summed E-state index contributed by atoms with van der Waals surface area (Å²) >= 11 is 5.04. The van der Waals surface area contributed by atoms with E-state index in [0.29, 0.717) is 16.9 Å². The Hall–Kier alpha value is -0.190. The molecule has 1 fully saturated rings. The molecule has 18 heavy (non-hydrogen) atoms. The minimum Gasteiger partial charge on any atom is -0.392 e. The van der Waals surface area contributed by atoms with Gasteiger partial charge in [0.1, 0.15) is 0 Å². The van der Waals surface area contributed by atoms with E-state index in [1.54, 1.807) is 0 Å². The van der Waals surface area contributed by atoms with Crippen LogP contribution in [0.3, 0.4) is 0 Å². The molecule has 0 aliphatic heterocycles. The molecule has 0 bridgehead atoms. The van der Waals surface area contributed by atoms with Crippen LogP contribution in [0, 0.1) is 5.92 Å². The number of nitrogens with two attached hydrogens (primary N) is 1. The molecule has 0 aromatic rings. The molecule has 0 atom stereocenters. The van der Waals surface area contributed by atoms with Crippen molar-refractivity contribution >= 4 is 17.2 Å². The summed E-state index contributed by atoms with van der Waals surface area (Å²) in [5.74, 6) is 0.715. The van der Waals surface area contributed by atoms with E-state index in [2.05, 4.69) is 18.7 Å². The lowest BCUT2D eigenvalue weighted by molar-refractivity contribution is 0.0880. The summed E-state index contributed by atoms with van der Waals surface area (Å²) in [5, 5.41) is 0. The zero-order chi connectivity index (χ0) is 13.4. The van der Waals surface area contributed by atoms with Gasteiger partial charge >= 0.3 is 0 Å². The van der Waals surface area contributed by atoms with E-state index in [-0.39, 0.29) is 0 Å². The van der Waals surface area contributed by atoms with Gasteiger partial charge in [-0.25, -0.2) is 0 Å². The monoisotopic (exact) mass is 272 g/mol. The van der Waals surface area contributed by atoms with Gasteiger partial charge in [0.2, 0.25) is 0 Å². The van der Waals surface area contributed by atoms with Crippen LogP contribution in [0.15, 0.2) is 0 Å². The molecular formula is C14H28N2OS. The summed E-state index contributed by atoms with van der Waals surface area (Å²) in [6.07, 6.45) is 6.39. The first kappa shape index (κ1) is 15.9. The fourth-order valence-corrected chi connectivity index (χ4v) is 2.63. The minimum atomic E-state index is 0.601. The van der Waals surface area contributed by atoms with Crippen molar-refractivity contribution in [2.24, 2.45) is 11.7 Å². The third kappa shape index (κ3) is 6.66. The van der Waals surface area contributed by atoms with Gasteiger partial charge in [0.05, 0.1) is 11.6 Å². The summed E-state index contributed by atoms with van der Waals surface area (Å²) in [4.78, 5) is 3.01. The van der Waals surface area contributed by atoms with Gasteiger partial charge in [0.15, 0.2) is 0 Å². The van der Waals surface area contributed by atoms with Crippen molar-refractivity contribution in [1.29, 1.82) is 0 Å². The molecule has 0 amide bonds. The van der Waals surface area contributed by atoms with Crippen molar-refractivity contribution in [3.63, 3.8) is 0 Å². The predicted octanol–water partition coefficient (Wildman–Crippen LogP) is 2.58. The number of thiocarbonyl (C=S) groups is 1. The second-order valence-electron chi connectivity index (χ2n) is 5.67. The van der Waals surface area contributed by atoms with Gasteiger partial charge in [0, 0.05) is 25.7 Å². The zero-order valence-electron chi connectivity index (χ0n) is 11.9. The van der Waals surface area contributed by atoms with Crippen molar-refractivity contribution in [1.82, 2.24) is 4.90 Å². The number of hydrogen-bond donors (Lipinski definition) is 1. The van der Waals surface area contributed by atoms with E-state index in [4.69, 9.17) is 22.7 Å². The zero-order valence-corrected chi connectivity index (χ0v) is 12.7. The first-order valence-electron chi connectivity index (χ1n) is 7.19. The van der Waals surface area contributed by atoms with E-state index in [0.717, 1.165) is 32.7 Å². The van der Waals surface area contributed by atoms with Crippen LogP contribution >= 0.6 is 12.2 Å². The summed E-state index contributed by atoms with van der Waals surface area (Å²) in [6.45, 7) is 7.81. The van der Waals surface area contributed by atoms with Crippen molar-refractivity contribution in [2.45, 2.75) is 52.0 Å². The smallest absolute Gasteiger partial charge is 0.0870 e. The minimum absolute atomic E-state index is 0.601. The highest BCUT2D eigenvalue weighted by Crippen LogP contribution is 2.23. The normalized spacial score (nSPS) is 16.9. The highest BCUT2D eigenvalue weighted by Gasteiger charge is 2.22. The Balaban J connectivity index is 2.21. The molecule has 0 aromatic heterocycles. The van der Waals surface area contributed by atoms with E-state index < -0.39 is 0 Å². The van der Waals surface area contributed by atoms with Crippen molar-refractivity contribution in [3.05, 3.63) is 0 Å². The van der Waals surface area contributed by atoms with E-state index in [1.165, 1.54) is 25.7 Å². The van der Waals surface area contributed by atoms with Crippen LogP contribution in [0.2, 0.25) is 0 Å². The van der Waals surface area contributed by atoms with Gasteiger partial charge < -0.3 is 10.5 Å². The molecule has 2 N–H and O–H groups in total. The summed E-state index contributed by atoms with van der Waals surface area (Å²) in [7, 11) is 0. The molecule has 1 aliphatic rings. The Morgan fingerprint density at radius 3 is 2.56 bits per heavy atom. The Bertz CT molecular complexity index is 240. The van der Waals surface area contributed by atoms with Gasteiger partial charge in [-0.15, -0.1) is 0 Å². The highest BCUT2D eigenvalue weighted by molar-refractivity contribution is 7.80. The van der Waals surface area contributed by atoms with Crippen LogP contribution < -0.4 is 5.73 Å². The Morgan fingerprint density at radius 2 is 2.00 bits per heavy atom. The molecule has 0 heterocycles. The Kier molecular flexibility index (Phi) is 7.79. The highest BCUT2D eigenvalue weighted by atomic mass is 32.1. The van der Waals surface area contributed by atoms with Crippen LogP contribution in [-0.4, -0.2) is 42.2 Å². The molecule has 4 heteroatoms. The van der Waals surface area contributed by atoms with Gasteiger partial charge in [-0.1, -0.05) is 38.9 Å². The summed E-state index contributed by atoms with van der Waals surface area (Å²) < 4.78 is 5.69. The lowest BCUT2D eigenvalue weighted by atomic mass is 10.1. The molecular weight excluding hydrogens is 244 g/mol. The lowest BCUT2D eigenvalue weighted by Gasteiger charge is -2.28. The summed E-state index contributed by atoms with van der Waals surface area (Å²) in [6, 6.07) is 0.667. The molecule has 106 valence electrons. The largest absolute Gasteiger partial charge is 0.392 e. The standard InChI is InChI=1S/C14H28N2OS/c1-12(2)7-9-17-10-8-16(11-14(15)18)13-5-3-4-6-13/h12-13H,3-11H2,1-2H3,(H2,15,18). The fraction of sp³-hybridized carbons (Fsp3) is 0.929. The molecule has 0 saturated heterocycles. The molecule has 1 aliphatic carbocycles. The molecule has 0 unspecified atom stereocenters. The number of ether oxygens (including phenoxy) is 1. The maximum atomic E-state index is 5.69. The third-order valence-electron chi connectivity index (χ3n) is 3.56. The Morgan fingerprint density at radius 1 is 1.33 bits per heavy atom. The van der Waals surface area contributed by atoms with Crippen molar-refractivity contribution in [2.75, 3.05) is 26.3 Å². The molecule has 1 saturated carbocycles. The van der Waals surface area contributed by atoms with E-state index in [9.17, 15) is 0 Å². The van der Waals surface area contributed by atoms with Gasteiger partial charge in [0.25, 0.3) is 0 Å². The van der Waals surface area contributed by atoms with Gasteiger partial charge in [-0.3, -0.25) is 4.90 Å². The van der Waals surface area contributed by atoms with Crippen LogP contribution in [0.25, 0.3) is 0 Å². The van der Waals surface area contributed by atoms with Crippen molar-refractivity contribution < 1.29 is 4.74 Å². The SMILES string of the molecule is CC(C)CCOCCN(CC(N)=S)C1CCCC1. The quantitative estimate of drug-likeness (QED) is 0.517. The fourth-order valence-electron chi connectivity index (χ4n) is 2.46. The van der Waals surface area contributed by atoms with Crippen LogP contribution in [0.4, 0.5) is 0 Å². The third-order valence-corrected chi connectivity index (χ3v) is 3.69. The number of nitrogens with zero attached hydrogens (tertiary/aromatic N) is 1. The van der Waals surface area contributed by atoms with Gasteiger partial charge in [-0.2, -0.15) is 0 Å². The molecule has 1 rings (SSSR count). The predicted molar refractivity (Wildman–Crippen MR) is 80.9 cm³/mol. The number of hydrogen-bond acceptors (Lipinski definition) is 3. The van der Waals surface area contributed by atoms with E-state index in [1.807, 2.05) is 0 Å². The first-order valence-corrected chi connectivity index (χ1v) is 7.60. The van der Waals surface area contributed by atoms with Gasteiger partial charge in [-0.05, 0) is 25.2 Å². The molecule has 0 radical (unpaired) electrons. The second-order valence-corrected chi connectivity index (χ2v) is 6.19. The summed E-state index contributed by atoms with van der Waals surface area (Å²) in [5.41, 5.74) is 5.68. The van der Waals surface area contributed by atoms with Crippen molar-refractivity contribution in [3.8, 4) is 0 Å². The first-order chi connectivity index (χ1) is 8.59. The van der Waals surface area contributed by atoms with Crippen LogP contribution in [0.1, 0.15) is 46.0 Å². The molecule has 3 nitrogen and oxygen atoms in total. The average Bonchev–Trinajstić information content (AvgIpc) is 2.79. The maximum Gasteiger partial charge on any atom is 0.0870 e. The second kappa shape index (κ2) is 8.83. The Labute approximate surface area is 117 Å². The van der Waals surface area contributed by atoms with Crippen LogP contribution in [-0.2, 0) is 4.74 Å².